The van der Waals surface area contributed by atoms with Crippen LogP contribution in [-0.4, -0.2) is 42.2 Å². The molecule has 0 atom stereocenters. The highest BCUT2D eigenvalue weighted by Crippen LogP contribution is 2.25. The topological polar surface area (TPSA) is 49.8 Å². The van der Waals surface area contributed by atoms with E-state index in [0.29, 0.717) is 34.9 Å². The molecule has 116 valence electrons. The van der Waals surface area contributed by atoms with Crippen molar-refractivity contribution >= 4 is 29.2 Å². The minimum absolute atomic E-state index is 0.210. The second-order valence-corrected chi connectivity index (χ2v) is 6.22. The van der Waals surface area contributed by atoms with Crippen molar-refractivity contribution in [1.82, 2.24) is 4.90 Å². The van der Waals surface area contributed by atoms with Gasteiger partial charge in [0.05, 0.1) is 13.0 Å². The summed E-state index contributed by atoms with van der Waals surface area (Å²) in [5.74, 6) is 0.447. The molecule has 1 N–H and O–H groups in total. The molecule has 1 aromatic carbocycles. The first-order valence-corrected chi connectivity index (χ1v) is 7.81. The largest absolute Gasteiger partial charge is 0.493 e. The number of likely N-dealkylation sites (tertiary alicyclic amines) is 1. The molecule has 1 aliphatic rings. The van der Waals surface area contributed by atoms with Gasteiger partial charge < -0.3 is 14.7 Å². The molecule has 0 bridgehead atoms. The van der Waals surface area contributed by atoms with E-state index >= 15 is 0 Å². The molecule has 4 nitrogen and oxygen atoms in total. The van der Waals surface area contributed by atoms with Crippen LogP contribution in [0.1, 0.15) is 19.3 Å². The molecule has 6 heteroatoms. The van der Waals surface area contributed by atoms with Crippen molar-refractivity contribution in [1.29, 1.82) is 0 Å². The van der Waals surface area contributed by atoms with Crippen molar-refractivity contribution < 1.29 is 14.6 Å². The average molecular weight is 332 g/mol. The van der Waals surface area contributed by atoms with Gasteiger partial charge in [0.2, 0.25) is 0 Å². The summed E-state index contributed by atoms with van der Waals surface area (Å²) in [6.07, 6.45) is 2.25. The van der Waals surface area contributed by atoms with Gasteiger partial charge in [-0.1, -0.05) is 23.2 Å². The lowest BCUT2D eigenvalue weighted by molar-refractivity contribution is -0.137. The van der Waals surface area contributed by atoms with Crippen LogP contribution >= 0.6 is 23.2 Å². The smallest absolute Gasteiger partial charge is 0.304 e. The van der Waals surface area contributed by atoms with Gasteiger partial charge in [-0.3, -0.25) is 4.79 Å². The number of hydrogen-bond donors (Lipinski definition) is 1. The second kappa shape index (κ2) is 7.87. The van der Waals surface area contributed by atoms with Gasteiger partial charge in [-0.15, -0.1) is 0 Å². The maximum absolute atomic E-state index is 10.6. The average Bonchev–Trinajstić information content (AvgIpc) is 2.43. The van der Waals surface area contributed by atoms with Crippen molar-refractivity contribution in [2.24, 2.45) is 5.92 Å². The first-order chi connectivity index (χ1) is 10.0. The van der Waals surface area contributed by atoms with E-state index in [9.17, 15) is 4.79 Å². The predicted octanol–water partition coefficient (Wildman–Crippen LogP) is 3.56. The van der Waals surface area contributed by atoms with E-state index in [0.717, 1.165) is 25.9 Å². The predicted molar refractivity (Wildman–Crippen MR) is 83.4 cm³/mol. The van der Waals surface area contributed by atoms with Crippen LogP contribution in [-0.2, 0) is 4.79 Å². The number of aliphatic carboxylic acids is 1. The molecule has 1 saturated heterocycles. The van der Waals surface area contributed by atoms with Crippen molar-refractivity contribution in [3.8, 4) is 5.75 Å². The number of piperidine rings is 1. The van der Waals surface area contributed by atoms with Gasteiger partial charge in [-0.25, -0.2) is 0 Å². The second-order valence-electron chi connectivity index (χ2n) is 5.34. The summed E-state index contributed by atoms with van der Waals surface area (Å²) in [6.45, 7) is 3.13. The maximum Gasteiger partial charge on any atom is 0.304 e. The lowest BCUT2D eigenvalue weighted by atomic mass is 9.98. The quantitative estimate of drug-likeness (QED) is 0.865. The Hall–Kier alpha value is -0.970. The minimum atomic E-state index is -0.738. The standard InChI is InChI=1S/C15H19Cl2NO3/c16-12-7-13(17)9-14(8-12)21-10-11-1-4-18(5-2-11)6-3-15(19)20/h7-9,11H,1-6,10H2,(H,19,20). The summed E-state index contributed by atoms with van der Waals surface area (Å²) in [5, 5.41) is 9.82. The Kier molecular flexibility index (Phi) is 6.15. The fraction of sp³-hybridized carbons (Fsp3) is 0.533. The Balaban J connectivity index is 1.72. The molecule has 1 aliphatic heterocycles. The lowest BCUT2D eigenvalue weighted by Gasteiger charge is -2.31. The summed E-state index contributed by atoms with van der Waals surface area (Å²) in [5.41, 5.74) is 0. The fourth-order valence-electron chi connectivity index (χ4n) is 2.46. The third-order valence-electron chi connectivity index (χ3n) is 3.67. The third-order valence-corrected chi connectivity index (χ3v) is 4.11. The van der Waals surface area contributed by atoms with Gasteiger partial charge in [0.15, 0.2) is 0 Å². The molecule has 2 rings (SSSR count). The van der Waals surface area contributed by atoms with E-state index in [4.69, 9.17) is 33.0 Å². The van der Waals surface area contributed by atoms with Crippen LogP contribution in [0.3, 0.4) is 0 Å². The number of carboxylic acid groups (broad SMARTS) is 1. The van der Waals surface area contributed by atoms with E-state index in [1.165, 1.54) is 0 Å². The number of halogens is 2. The molecule has 1 heterocycles. The van der Waals surface area contributed by atoms with Crippen LogP contribution in [0.5, 0.6) is 5.75 Å². The highest BCUT2D eigenvalue weighted by molar-refractivity contribution is 6.34. The van der Waals surface area contributed by atoms with E-state index in [1.54, 1.807) is 18.2 Å². The lowest BCUT2D eigenvalue weighted by Crippen LogP contribution is -2.36. The Morgan fingerprint density at radius 1 is 1.24 bits per heavy atom. The van der Waals surface area contributed by atoms with Gasteiger partial charge >= 0.3 is 5.97 Å². The zero-order chi connectivity index (χ0) is 15.2. The fourth-order valence-corrected chi connectivity index (χ4v) is 2.96. The Morgan fingerprint density at radius 3 is 2.43 bits per heavy atom. The SMILES string of the molecule is O=C(O)CCN1CCC(COc2cc(Cl)cc(Cl)c2)CC1. The summed E-state index contributed by atoms with van der Waals surface area (Å²) in [7, 11) is 0. The van der Waals surface area contributed by atoms with Crippen molar-refractivity contribution in [3.05, 3.63) is 28.2 Å². The molecule has 1 aromatic rings. The molecule has 21 heavy (non-hydrogen) atoms. The third kappa shape index (κ3) is 5.73. The van der Waals surface area contributed by atoms with Crippen LogP contribution < -0.4 is 4.74 Å². The molecule has 0 unspecified atom stereocenters. The zero-order valence-electron chi connectivity index (χ0n) is 11.7. The molecule has 1 fully saturated rings. The van der Waals surface area contributed by atoms with Crippen LogP contribution in [0.4, 0.5) is 0 Å². The number of carboxylic acids is 1. The zero-order valence-corrected chi connectivity index (χ0v) is 13.2. The van der Waals surface area contributed by atoms with Gasteiger partial charge in [-0.2, -0.15) is 0 Å². The summed E-state index contributed by atoms with van der Waals surface area (Å²) in [6, 6.07) is 5.20. The summed E-state index contributed by atoms with van der Waals surface area (Å²) in [4.78, 5) is 12.7. The van der Waals surface area contributed by atoms with Gasteiger partial charge in [0.25, 0.3) is 0 Å². The number of benzene rings is 1. The Labute approximate surface area is 134 Å². The van der Waals surface area contributed by atoms with Crippen LogP contribution in [0.15, 0.2) is 18.2 Å². The summed E-state index contributed by atoms with van der Waals surface area (Å²) >= 11 is 11.9. The highest BCUT2D eigenvalue weighted by atomic mass is 35.5. The number of ether oxygens (including phenoxy) is 1. The molecule has 0 radical (unpaired) electrons. The van der Waals surface area contributed by atoms with Gasteiger partial charge in [-0.05, 0) is 50.0 Å². The molecular formula is C15H19Cl2NO3. The molecule has 0 amide bonds. The molecule has 0 spiro atoms. The first-order valence-electron chi connectivity index (χ1n) is 7.06. The monoisotopic (exact) mass is 331 g/mol. The molecular weight excluding hydrogens is 313 g/mol. The Bertz CT molecular complexity index is 468. The molecule has 0 saturated carbocycles. The number of nitrogens with zero attached hydrogens (tertiary/aromatic N) is 1. The number of carbonyl (C=O) groups is 1. The maximum atomic E-state index is 10.6. The number of hydrogen-bond acceptors (Lipinski definition) is 3. The van der Waals surface area contributed by atoms with Crippen LogP contribution in [0.2, 0.25) is 10.0 Å². The normalized spacial score (nSPS) is 16.9. The van der Waals surface area contributed by atoms with Gasteiger partial charge in [0, 0.05) is 16.6 Å². The Morgan fingerprint density at radius 2 is 1.86 bits per heavy atom. The van der Waals surface area contributed by atoms with E-state index in [1.807, 2.05) is 0 Å². The van der Waals surface area contributed by atoms with E-state index in [-0.39, 0.29) is 6.42 Å². The molecule has 0 aliphatic carbocycles. The summed E-state index contributed by atoms with van der Waals surface area (Å²) < 4.78 is 5.76. The van der Waals surface area contributed by atoms with Crippen LogP contribution in [0.25, 0.3) is 0 Å². The minimum Gasteiger partial charge on any atom is -0.493 e. The van der Waals surface area contributed by atoms with Crippen molar-refractivity contribution in [2.45, 2.75) is 19.3 Å². The van der Waals surface area contributed by atoms with Crippen LogP contribution in [0, 0.1) is 5.92 Å². The highest BCUT2D eigenvalue weighted by Gasteiger charge is 2.20. The first kappa shape index (κ1) is 16.4. The van der Waals surface area contributed by atoms with E-state index < -0.39 is 5.97 Å². The molecule has 0 aromatic heterocycles. The van der Waals surface area contributed by atoms with Gasteiger partial charge in [0.1, 0.15) is 5.75 Å². The van der Waals surface area contributed by atoms with E-state index in [2.05, 4.69) is 4.90 Å². The van der Waals surface area contributed by atoms with Crippen molar-refractivity contribution in [3.63, 3.8) is 0 Å². The number of rotatable bonds is 6. The van der Waals surface area contributed by atoms with Crippen molar-refractivity contribution in [2.75, 3.05) is 26.2 Å².